The Morgan fingerprint density at radius 1 is 0.652 bits per heavy atom. The molecule has 230 valence electrons. The number of amides is 2. The number of hydrogen-bond acceptors (Lipinski definition) is 4. The predicted molar refractivity (Wildman–Crippen MR) is 176 cm³/mol. The maximum Gasteiger partial charge on any atom is 0.407 e. The summed E-state index contributed by atoms with van der Waals surface area (Å²) in [5.41, 5.74) is 5.84. The number of nitrogens with one attached hydrogen (secondary N) is 2. The van der Waals surface area contributed by atoms with Crippen LogP contribution in [0.4, 0.5) is 4.79 Å². The van der Waals surface area contributed by atoms with Gasteiger partial charge >= 0.3 is 12.1 Å². The first-order valence-corrected chi connectivity index (χ1v) is 15.3. The van der Waals surface area contributed by atoms with Crippen molar-refractivity contribution in [3.63, 3.8) is 0 Å². The number of carbonyl (C=O) groups excluding carboxylic acids is 2. The van der Waals surface area contributed by atoms with Gasteiger partial charge in [0.25, 0.3) is 0 Å². The van der Waals surface area contributed by atoms with Crippen molar-refractivity contribution in [3.8, 4) is 11.1 Å². The molecule has 46 heavy (non-hydrogen) atoms. The average Bonchev–Trinajstić information content (AvgIpc) is 3.42. The van der Waals surface area contributed by atoms with Gasteiger partial charge in [0.2, 0.25) is 5.91 Å². The van der Waals surface area contributed by atoms with E-state index in [0.29, 0.717) is 0 Å². The van der Waals surface area contributed by atoms with Crippen LogP contribution in [0.25, 0.3) is 11.1 Å². The van der Waals surface area contributed by atoms with E-state index in [-0.39, 0.29) is 31.3 Å². The monoisotopic (exact) mass is 617 g/mol. The van der Waals surface area contributed by atoms with Crippen molar-refractivity contribution in [2.24, 2.45) is 0 Å². The lowest BCUT2D eigenvalue weighted by Crippen LogP contribution is -2.48. The van der Waals surface area contributed by atoms with Crippen molar-refractivity contribution in [3.05, 3.63) is 167 Å². The first-order chi connectivity index (χ1) is 22.5. The van der Waals surface area contributed by atoms with Gasteiger partial charge in [0, 0.05) is 12.3 Å². The minimum atomic E-state index is -1.32. The molecule has 0 heterocycles. The standard InChI is InChI=1S/C39H34N2O5/c42-36(41-39(27-14-4-1-5-15-27,28-16-6-2-7-17-28)29-18-8-3-9-19-29)25-24-35(37(43)44)40-38(45)46-26-34-32-22-12-10-20-30(32)31-21-11-13-23-33(31)34/h1-23,34-35H,24-26H2,(H,40,45)(H,41,42)(H,43,44)/t35-/m0/s1/i24+1,25+1,35+1,36+1,37+1,40+1,41+1. The van der Waals surface area contributed by atoms with Gasteiger partial charge in [-0.3, -0.25) is 4.79 Å². The molecule has 5 aromatic rings. The highest BCUT2D eigenvalue weighted by Gasteiger charge is 2.38. The molecule has 1 aliphatic carbocycles. The topological polar surface area (TPSA) is 105 Å². The van der Waals surface area contributed by atoms with Gasteiger partial charge in [-0.2, -0.15) is 0 Å². The molecule has 0 radical (unpaired) electrons. The molecule has 1 aliphatic rings. The number of carboxylic acids is 1. The minimum absolute atomic E-state index is 0.0560. The number of carboxylic acid groups (broad SMARTS) is 1. The summed E-state index contributed by atoms with van der Waals surface area (Å²) in [6, 6.07) is 43.6. The van der Waals surface area contributed by atoms with Crippen LogP contribution in [0.15, 0.2) is 140 Å². The Morgan fingerprint density at radius 2 is 1.09 bits per heavy atom. The van der Waals surface area contributed by atoms with Crippen LogP contribution in [0, 0.1) is 0 Å². The van der Waals surface area contributed by atoms with Crippen LogP contribution in [-0.4, -0.2) is 35.7 Å². The predicted octanol–water partition coefficient (Wildman–Crippen LogP) is 6.87. The summed E-state index contributed by atoms with van der Waals surface area (Å²) in [6.45, 7) is 0.0560. The van der Waals surface area contributed by atoms with E-state index in [0.717, 1.165) is 38.9 Å². The zero-order valence-corrected chi connectivity index (χ0v) is 25.1. The van der Waals surface area contributed by atoms with Gasteiger partial charge in [-0.25, -0.2) is 9.59 Å². The summed E-state index contributed by atoms with van der Waals surface area (Å²) in [5, 5.41) is 15.6. The summed E-state index contributed by atoms with van der Waals surface area (Å²) in [7, 11) is 0. The second-order valence-electron chi connectivity index (χ2n) is 11.3. The van der Waals surface area contributed by atoms with Crippen molar-refractivity contribution in [2.45, 2.75) is 30.3 Å². The van der Waals surface area contributed by atoms with Gasteiger partial charge in [0.15, 0.2) is 0 Å². The van der Waals surface area contributed by atoms with E-state index in [9.17, 15) is 19.5 Å². The molecule has 7 nitrogen and oxygen atoms in total. The van der Waals surface area contributed by atoms with E-state index in [1.165, 1.54) is 0 Å². The molecule has 5 aromatic carbocycles. The Labute approximate surface area is 267 Å². The lowest BCUT2D eigenvalue weighted by atomic mass is 9.79. The lowest BCUT2D eigenvalue weighted by Gasteiger charge is -2.37. The Bertz CT molecular complexity index is 1680. The van der Waals surface area contributed by atoms with Crippen LogP contribution in [0.3, 0.4) is 0 Å². The number of ether oxygens (including phenoxy) is 1. The third-order valence-electron chi connectivity index (χ3n) is 8.54. The second-order valence-corrected chi connectivity index (χ2v) is 11.3. The summed E-state index contributed by atoms with van der Waals surface area (Å²) >= 11 is 0. The smallest absolute Gasteiger partial charge is 0.407 e. The van der Waals surface area contributed by atoms with Crippen LogP contribution in [-0.2, 0) is 19.9 Å². The molecule has 0 saturated carbocycles. The van der Waals surface area contributed by atoms with Crippen LogP contribution in [0.2, 0.25) is 0 Å². The molecule has 0 saturated heterocycles. The molecule has 2 amide bonds. The maximum atomic E-state index is 13.7. The second kappa shape index (κ2) is 13.5. The number of benzene rings is 5. The number of alkyl carbamates (subject to hydrolysis) is 1. The maximum absolute atomic E-state index is 13.7. The summed E-state index contributed by atoms with van der Waals surface area (Å²) in [6.07, 6.45) is -1.11. The van der Waals surface area contributed by atoms with Gasteiger partial charge in [0.1, 0.15) is 18.2 Å². The van der Waals surface area contributed by atoms with Gasteiger partial charge in [-0.05, 0) is 45.4 Å². The van der Waals surface area contributed by atoms with E-state index in [1.54, 1.807) is 0 Å². The number of rotatable bonds is 11. The largest absolute Gasteiger partial charge is 0.480 e. The van der Waals surface area contributed by atoms with Gasteiger partial charge in [-0.15, -0.1) is 0 Å². The molecule has 7 heteroatoms. The number of carbonyl (C=O) groups is 3. The average molecular weight is 618 g/mol. The summed E-state index contributed by atoms with van der Waals surface area (Å²) < 4.78 is 5.57. The minimum Gasteiger partial charge on any atom is -0.480 e. The number of fused-ring (bicyclic) bond motifs is 3. The van der Waals surface area contributed by atoms with E-state index in [1.807, 2.05) is 140 Å². The van der Waals surface area contributed by atoms with Crippen LogP contribution in [0.1, 0.15) is 46.6 Å². The molecule has 0 fully saturated rings. The molecule has 1 atom stereocenters. The molecular weight excluding hydrogens is 583 g/mol. The van der Waals surface area contributed by atoms with Crippen LogP contribution >= 0.6 is 0 Å². The summed E-state index contributed by atoms with van der Waals surface area (Å²) in [4.78, 5) is 38.7. The lowest BCUT2D eigenvalue weighted by molar-refractivity contribution is -0.139. The van der Waals surface area contributed by atoms with Crippen molar-refractivity contribution in [2.75, 3.05) is 6.61 Å². The number of hydrogen-bond donors (Lipinski definition) is 3. The molecule has 3 N–H and O–H groups in total. The van der Waals surface area contributed by atoms with E-state index < -0.39 is 23.6 Å². The third-order valence-corrected chi connectivity index (χ3v) is 8.54. The highest BCUT2D eigenvalue weighted by atomic mass is 16.6. The molecule has 0 aromatic heterocycles. The molecular formula is C39H34N2O5. The molecule has 0 bridgehead atoms. The normalized spacial score (nSPS) is 12.8. The Balaban J connectivity index is 1.15. The van der Waals surface area contributed by atoms with Crippen molar-refractivity contribution in [1.82, 2.24) is 10.6 Å². The fourth-order valence-corrected chi connectivity index (χ4v) is 6.37. The SMILES string of the molecule is O=C([15NH][13C@@H]([13CH2][13CH2][13C](=O)[15NH]C(c1ccccc1)(c1ccccc1)c1ccccc1)[13C](=O)O)OCC1c2ccccc2-c2ccccc21. The number of aliphatic carboxylic acids is 1. The molecule has 0 aliphatic heterocycles. The van der Waals surface area contributed by atoms with E-state index in [2.05, 4.69) is 10.6 Å². The van der Waals surface area contributed by atoms with Crippen LogP contribution in [0.5, 0.6) is 0 Å². The third kappa shape index (κ3) is 6.13. The van der Waals surface area contributed by atoms with E-state index >= 15 is 0 Å². The Morgan fingerprint density at radius 3 is 1.54 bits per heavy atom. The van der Waals surface area contributed by atoms with Crippen LogP contribution < -0.4 is 10.6 Å². The fourth-order valence-electron chi connectivity index (χ4n) is 6.37. The van der Waals surface area contributed by atoms with Gasteiger partial charge < -0.3 is 20.5 Å². The Kier molecular flexibility index (Phi) is 8.92. The van der Waals surface area contributed by atoms with Gasteiger partial charge in [-0.1, -0.05) is 140 Å². The van der Waals surface area contributed by atoms with Crippen molar-refractivity contribution in [1.29, 1.82) is 0 Å². The quantitative estimate of drug-likeness (QED) is 0.0853. The Hall–Kier alpha value is -5.69. The highest BCUT2D eigenvalue weighted by molar-refractivity contribution is 5.83. The highest BCUT2D eigenvalue weighted by Crippen LogP contribution is 2.44. The fraction of sp³-hybridized carbons (Fsp3) is 0.154. The van der Waals surface area contributed by atoms with Crippen molar-refractivity contribution < 1.29 is 24.2 Å². The molecule has 0 unspecified atom stereocenters. The summed E-state index contributed by atoms with van der Waals surface area (Å²) in [5.74, 6) is -1.77. The molecule has 6 rings (SSSR count). The van der Waals surface area contributed by atoms with Crippen molar-refractivity contribution >= 4 is 18.0 Å². The zero-order valence-electron chi connectivity index (χ0n) is 25.1. The zero-order chi connectivity index (χ0) is 31.9. The molecule has 0 spiro atoms. The first-order valence-electron chi connectivity index (χ1n) is 15.3. The van der Waals surface area contributed by atoms with Gasteiger partial charge in [0.05, 0.1) is 0 Å². The van der Waals surface area contributed by atoms with E-state index in [4.69, 9.17) is 4.74 Å². The first kappa shape index (κ1) is 30.3.